The van der Waals surface area contributed by atoms with Crippen LogP contribution in [0.25, 0.3) is 0 Å². The average Bonchev–Trinajstić information content (AvgIpc) is 2.55. The van der Waals surface area contributed by atoms with E-state index < -0.39 is 0 Å². The highest BCUT2D eigenvalue weighted by molar-refractivity contribution is 6.11. The molecule has 4 atom stereocenters. The van der Waals surface area contributed by atoms with Crippen molar-refractivity contribution in [3.05, 3.63) is 0 Å². The van der Waals surface area contributed by atoms with Gasteiger partial charge >= 0.3 is 0 Å². The summed E-state index contributed by atoms with van der Waals surface area (Å²) in [6.07, 6.45) is -0.637. The van der Waals surface area contributed by atoms with Crippen molar-refractivity contribution in [3.63, 3.8) is 0 Å². The Kier molecular flexibility index (Phi) is 5.56. The molecule has 0 saturated carbocycles. The monoisotopic (exact) mass is 218 g/mol. The highest BCUT2D eigenvalue weighted by Gasteiger charge is 2.42. The SMILES string of the molecule is B[C@@H]1O[C@H](CO)C(OC)[C@@H]1OCCOC. The van der Waals surface area contributed by atoms with Crippen LogP contribution in [0.5, 0.6) is 0 Å². The highest BCUT2D eigenvalue weighted by atomic mass is 16.6. The van der Waals surface area contributed by atoms with Gasteiger partial charge in [0, 0.05) is 14.2 Å². The summed E-state index contributed by atoms with van der Waals surface area (Å²) in [5, 5.41) is 9.09. The lowest BCUT2D eigenvalue weighted by molar-refractivity contribution is -0.0599. The summed E-state index contributed by atoms with van der Waals surface area (Å²) in [7, 11) is 5.14. The van der Waals surface area contributed by atoms with Gasteiger partial charge in [-0.3, -0.25) is 0 Å². The van der Waals surface area contributed by atoms with Gasteiger partial charge in [-0.1, -0.05) is 0 Å². The van der Waals surface area contributed by atoms with E-state index in [-0.39, 0.29) is 30.9 Å². The lowest BCUT2D eigenvalue weighted by Gasteiger charge is -2.21. The molecule has 1 heterocycles. The standard InChI is InChI=1S/C9H19BO5/c1-12-3-4-14-8-7(13-2)6(5-11)15-9(8)10/h6-9,11H,3-5,10H2,1-2H3/t6-,7?,8+,9-/m1/s1. The van der Waals surface area contributed by atoms with E-state index in [4.69, 9.17) is 24.1 Å². The number of methoxy groups -OCH3 is 2. The Morgan fingerprint density at radius 3 is 2.53 bits per heavy atom. The second kappa shape index (κ2) is 6.45. The third-order valence-corrected chi connectivity index (χ3v) is 2.59. The molecule has 1 aliphatic heterocycles. The maximum atomic E-state index is 9.09. The van der Waals surface area contributed by atoms with Crippen LogP contribution < -0.4 is 0 Å². The van der Waals surface area contributed by atoms with Crippen LogP contribution in [0.15, 0.2) is 0 Å². The van der Waals surface area contributed by atoms with E-state index in [0.29, 0.717) is 13.2 Å². The fraction of sp³-hybridized carbons (Fsp3) is 1.00. The van der Waals surface area contributed by atoms with Gasteiger partial charge in [-0.15, -0.1) is 0 Å². The molecule has 0 amide bonds. The Balaban J connectivity index is 2.45. The molecule has 1 fully saturated rings. The van der Waals surface area contributed by atoms with Gasteiger partial charge in [-0.25, -0.2) is 0 Å². The van der Waals surface area contributed by atoms with Crippen LogP contribution in [0.3, 0.4) is 0 Å². The first-order valence-electron chi connectivity index (χ1n) is 5.14. The lowest BCUT2D eigenvalue weighted by Crippen LogP contribution is -2.38. The molecule has 1 unspecified atom stereocenters. The average molecular weight is 218 g/mol. The fourth-order valence-corrected chi connectivity index (χ4v) is 1.84. The van der Waals surface area contributed by atoms with Crippen molar-refractivity contribution < 1.29 is 24.1 Å². The summed E-state index contributed by atoms with van der Waals surface area (Å²) in [6.45, 7) is 1.00. The van der Waals surface area contributed by atoms with E-state index >= 15 is 0 Å². The van der Waals surface area contributed by atoms with Gasteiger partial charge in [0.15, 0.2) is 0 Å². The molecule has 6 heteroatoms. The third kappa shape index (κ3) is 3.16. The Hall–Kier alpha value is -0.135. The van der Waals surface area contributed by atoms with Crippen LogP contribution >= 0.6 is 0 Å². The molecule has 0 bridgehead atoms. The van der Waals surface area contributed by atoms with Crippen LogP contribution in [-0.4, -0.2) is 71.3 Å². The zero-order valence-corrected chi connectivity index (χ0v) is 9.51. The molecule has 1 N–H and O–H groups in total. The van der Waals surface area contributed by atoms with Crippen molar-refractivity contribution in [2.24, 2.45) is 0 Å². The predicted molar refractivity (Wildman–Crippen MR) is 56.7 cm³/mol. The molecule has 1 aliphatic rings. The molecule has 1 rings (SSSR count). The molecule has 0 aliphatic carbocycles. The van der Waals surface area contributed by atoms with Crippen molar-refractivity contribution in [2.45, 2.75) is 24.3 Å². The Morgan fingerprint density at radius 2 is 2.00 bits per heavy atom. The highest BCUT2D eigenvalue weighted by Crippen LogP contribution is 2.24. The summed E-state index contributed by atoms with van der Waals surface area (Å²) < 4.78 is 21.3. The van der Waals surface area contributed by atoms with E-state index in [9.17, 15) is 0 Å². The van der Waals surface area contributed by atoms with Gasteiger partial charge in [0.25, 0.3) is 0 Å². The second-order valence-corrected chi connectivity index (χ2v) is 3.59. The minimum Gasteiger partial charge on any atom is -0.394 e. The molecule has 0 spiro atoms. The first-order valence-corrected chi connectivity index (χ1v) is 5.14. The van der Waals surface area contributed by atoms with Crippen molar-refractivity contribution in [1.29, 1.82) is 0 Å². The molecule has 1 saturated heterocycles. The maximum absolute atomic E-state index is 9.09. The zero-order valence-electron chi connectivity index (χ0n) is 9.51. The summed E-state index contributed by atoms with van der Waals surface area (Å²) in [5.41, 5.74) is 0. The number of ether oxygens (including phenoxy) is 4. The van der Waals surface area contributed by atoms with Crippen LogP contribution in [0.2, 0.25) is 0 Å². The van der Waals surface area contributed by atoms with Crippen LogP contribution in [-0.2, 0) is 18.9 Å². The summed E-state index contributed by atoms with van der Waals surface area (Å²) in [6, 6.07) is -0.0658. The van der Waals surface area contributed by atoms with E-state index in [1.165, 1.54) is 0 Å². The smallest absolute Gasteiger partial charge is 0.142 e. The van der Waals surface area contributed by atoms with Gasteiger partial charge in [0.05, 0.1) is 25.8 Å². The van der Waals surface area contributed by atoms with Gasteiger partial charge in [-0.2, -0.15) is 0 Å². The number of rotatable bonds is 6. The molecule has 0 aromatic heterocycles. The first-order chi connectivity index (χ1) is 7.24. The number of hydrogen-bond acceptors (Lipinski definition) is 5. The molecule has 0 aromatic rings. The lowest BCUT2D eigenvalue weighted by atomic mass is 9.93. The Bertz CT molecular complexity index is 180. The van der Waals surface area contributed by atoms with E-state index in [1.807, 2.05) is 7.85 Å². The minimum absolute atomic E-state index is 0.0486. The molecule has 0 aromatic carbocycles. The van der Waals surface area contributed by atoms with Gasteiger partial charge in [0.2, 0.25) is 0 Å². The molecule has 88 valence electrons. The zero-order chi connectivity index (χ0) is 11.3. The number of aliphatic hydroxyl groups excluding tert-OH is 1. The Labute approximate surface area is 91.1 Å². The predicted octanol–water partition coefficient (Wildman–Crippen LogP) is -1.62. The fourth-order valence-electron chi connectivity index (χ4n) is 1.84. The quantitative estimate of drug-likeness (QED) is 0.429. The van der Waals surface area contributed by atoms with Crippen LogP contribution in [0.4, 0.5) is 0 Å². The number of hydrogen-bond donors (Lipinski definition) is 1. The van der Waals surface area contributed by atoms with Crippen LogP contribution in [0.1, 0.15) is 0 Å². The summed E-state index contributed by atoms with van der Waals surface area (Å²) >= 11 is 0. The molecule has 0 radical (unpaired) electrons. The van der Waals surface area contributed by atoms with Crippen molar-refractivity contribution >= 4 is 7.85 Å². The van der Waals surface area contributed by atoms with Crippen molar-refractivity contribution in [2.75, 3.05) is 34.0 Å². The van der Waals surface area contributed by atoms with Crippen molar-refractivity contribution in [3.8, 4) is 0 Å². The van der Waals surface area contributed by atoms with E-state index in [1.54, 1.807) is 14.2 Å². The van der Waals surface area contributed by atoms with Crippen molar-refractivity contribution in [1.82, 2.24) is 0 Å². The largest absolute Gasteiger partial charge is 0.394 e. The molecular formula is C9H19BO5. The summed E-state index contributed by atoms with van der Waals surface area (Å²) in [4.78, 5) is 0. The normalized spacial score (nSPS) is 35.9. The van der Waals surface area contributed by atoms with Gasteiger partial charge in [0.1, 0.15) is 26.2 Å². The maximum Gasteiger partial charge on any atom is 0.142 e. The number of aliphatic hydroxyl groups is 1. The van der Waals surface area contributed by atoms with Crippen LogP contribution in [0, 0.1) is 0 Å². The molecular weight excluding hydrogens is 199 g/mol. The van der Waals surface area contributed by atoms with E-state index in [0.717, 1.165) is 0 Å². The second-order valence-electron chi connectivity index (χ2n) is 3.59. The first kappa shape index (κ1) is 12.9. The molecule has 5 nitrogen and oxygen atoms in total. The topological polar surface area (TPSA) is 57.2 Å². The van der Waals surface area contributed by atoms with E-state index in [2.05, 4.69) is 0 Å². The van der Waals surface area contributed by atoms with Gasteiger partial charge in [-0.05, 0) is 0 Å². The third-order valence-electron chi connectivity index (χ3n) is 2.59. The Morgan fingerprint density at radius 1 is 1.27 bits per heavy atom. The molecule has 15 heavy (non-hydrogen) atoms. The van der Waals surface area contributed by atoms with Gasteiger partial charge < -0.3 is 24.1 Å². The summed E-state index contributed by atoms with van der Waals surface area (Å²) in [5.74, 6) is 0. The minimum atomic E-state index is -0.294.